The largest absolute Gasteiger partial charge is 0.493 e. The average molecular weight is 380 g/mol. The molecule has 0 saturated carbocycles. The number of pyridine rings is 2. The minimum atomic E-state index is -0.244. The van der Waals surface area contributed by atoms with Crippen molar-refractivity contribution in [1.82, 2.24) is 15.3 Å². The summed E-state index contributed by atoms with van der Waals surface area (Å²) < 4.78 is 10.7. The third-order valence-corrected chi connectivity index (χ3v) is 4.36. The van der Waals surface area contributed by atoms with E-state index in [-0.39, 0.29) is 6.03 Å². The van der Waals surface area contributed by atoms with Gasteiger partial charge in [-0.1, -0.05) is 19.4 Å². The highest BCUT2D eigenvalue weighted by Crippen LogP contribution is 2.33. The topological polar surface area (TPSA) is 85.4 Å². The number of carbonyl (C=O) groups is 1. The lowest BCUT2D eigenvalue weighted by Crippen LogP contribution is -2.29. The summed E-state index contributed by atoms with van der Waals surface area (Å²) in [6, 6.07) is 9.11. The summed E-state index contributed by atoms with van der Waals surface area (Å²) in [5.74, 6) is 1.31. The van der Waals surface area contributed by atoms with Crippen LogP contribution in [-0.2, 0) is 0 Å². The van der Waals surface area contributed by atoms with E-state index in [1.165, 1.54) is 0 Å². The number of amides is 2. The molecule has 0 aliphatic heterocycles. The van der Waals surface area contributed by atoms with Gasteiger partial charge in [0.1, 0.15) is 5.52 Å². The number of fused-ring (bicyclic) bond motifs is 1. The van der Waals surface area contributed by atoms with Crippen LogP contribution in [0.2, 0.25) is 0 Å². The Morgan fingerprint density at radius 3 is 2.61 bits per heavy atom. The number of unbranched alkanes of at least 4 members (excludes halogenated alkanes) is 1. The third kappa shape index (κ3) is 4.31. The van der Waals surface area contributed by atoms with Crippen molar-refractivity contribution in [2.75, 3.05) is 26.1 Å². The molecule has 1 aromatic carbocycles. The maximum Gasteiger partial charge on any atom is 0.319 e. The molecule has 0 saturated heterocycles. The van der Waals surface area contributed by atoms with Gasteiger partial charge in [-0.15, -0.1) is 0 Å². The van der Waals surface area contributed by atoms with Gasteiger partial charge in [0.15, 0.2) is 11.5 Å². The number of hydrogen-bond acceptors (Lipinski definition) is 5. The summed E-state index contributed by atoms with van der Waals surface area (Å²) in [7, 11) is 3.21. The van der Waals surface area contributed by atoms with Gasteiger partial charge in [-0.25, -0.2) is 4.79 Å². The van der Waals surface area contributed by atoms with Crippen LogP contribution >= 0.6 is 0 Å². The molecule has 2 N–H and O–H groups in total. The van der Waals surface area contributed by atoms with E-state index in [1.54, 1.807) is 32.7 Å². The third-order valence-electron chi connectivity index (χ3n) is 4.36. The molecule has 0 aliphatic rings. The zero-order valence-corrected chi connectivity index (χ0v) is 16.3. The fourth-order valence-electron chi connectivity index (χ4n) is 2.85. The smallest absolute Gasteiger partial charge is 0.319 e. The number of anilines is 1. The van der Waals surface area contributed by atoms with Crippen LogP contribution in [0, 0.1) is 0 Å². The van der Waals surface area contributed by atoms with Gasteiger partial charge in [-0.05, 0) is 36.2 Å². The number of carbonyl (C=O) groups excluding carboxylic acids is 1. The highest BCUT2D eigenvalue weighted by Gasteiger charge is 2.11. The first-order valence-corrected chi connectivity index (χ1v) is 9.18. The summed E-state index contributed by atoms with van der Waals surface area (Å²) in [6.07, 6.45) is 5.38. The second-order valence-corrected chi connectivity index (χ2v) is 6.25. The van der Waals surface area contributed by atoms with E-state index >= 15 is 0 Å². The van der Waals surface area contributed by atoms with Gasteiger partial charge in [-0.2, -0.15) is 0 Å². The number of aromatic nitrogens is 2. The van der Waals surface area contributed by atoms with E-state index in [4.69, 9.17) is 9.47 Å². The normalized spacial score (nSPS) is 10.5. The Morgan fingerprint density at radius 2 is 1.86 bits per heavy atom. The number of methoxy groups -OCH3 is 2. The summed E-state index contributed by atoms with van der Waals surface area (Å²) >= 11 is 0. The fraction of sp³-hybridized carbons (Fsp3) is 0.286. The van der Waals surface area contributed by atoms with E-state index in [0.717, 1.165) is 24.0 Å². The zero-order chi connectivity index (χ0) is 19.9. The molecule has 0 fully saturated rings. The molecule has 0 bridgehead atoms. The summed E-state index contributed by atoms with van der Waals surface area (Å²) in [4.78, 5) is 21.0. The van der Waals surface area contributed by atoms with Crippen molar-refractivity contribution in [2.24, 2.45) is 0 Å². The second kappa shape index (κ2) is 9.03. The molecule has 0 radical (unpaired) electrons. The first-order chi connectivity index (χ1) is 13.7. The summed E-state index contributed by atoms with van der Waals surface area (Å²) in [5.41, 5.74) is 3.78. The molecule has 7 nitrogen and oxygen atoms in total. The molecule has 0 unspecified atom stereocenters. The monoisotopic (exact) mass is 380 g/mol. The molecule has 0 spiro atoms. The van der Waals surface area contributed by atoms with E-state index in [2.05, 4.69) is 27.5 Å². The standard InChI is InChI=1S/C21H24N4O3/c1-4-5-9-23-21(26)25-16-8-10-22-17-11-15(13-24-20(16)17)14-6-7-18(27-2)19(12-14)28-3/h6-8,10-13H,4-5,9H2,1-3H3,(H2,22,23,25,26). The SMILES string of the molecule is CCCCNC(=O)Nc1ccnc2cc(-c3ccc(OC)c(OC)c3)cnc12. The molecule has 7 heteroatoms. The van der Waals surface area contributed by atoms with Crippen LogP contribution in [0.4, 0.5) is 10.5 Å². The number of benzene rings is 1. The van der Waals surface area contributed by atoms with Crippen molar-refractivity contribution in [3.05, 3.63) is 42.7 Å². The maximum absolute atomic E-state index is 12.1. The van der Waals surface area contributed by atoms with Crippen LogP contribution in [-0.4, -0.2) is 36.8 Å². The van der Waals surface area contributed by atoms with E-state index in [9.17, 15) is 4.79 Å². The number of hydrogen-bond donors (Lipinski definition) is 2. The minimum absolute atomic E-state index is 0.244. The molecule has 3 rings (SSSR count). The lowest BCUT2D eigenvalue weighted by atomic mass is 10.1. The lowest BCUT2D eigenvalue weighted by Gasteiger charge is -2.11. The van der Waals surface area contributed by atoms with Crippen LogP contribution < -0.4 is 20.1 Å². The van der Waals surface area contributed by atoms with Gasteiger partial charge in [0.05, 0.1) is 25.4 Å². The summed E-state index contributed by atoms with van der Waals surface area (Å²) in [6.45, 7) is 2.72. The van der Waals surface area contributed by atoms with Crippen LogP contribution in [0.3, 0.4) is 0 Å². The molecule has 28 heavy (non-hydrogen) atoms. The second-order valence-electron chi connectivity index (χ2n) is 6.25. The molecule has 2 heterocycles. The van der Waals surface area contributed by atoms with Crippen molar-refractivity contribution >= 4 is 22.8 Å². The van der Waals surface area contributed by atoms with Crippen molar-refractivity contribution in [2.45, 2.75) is 19.8 Å². The predicted molar refractivity (Wildman–Crippen MR) is 110 cm³/mol. The maximum atomic E-state index is 12.1. The van der Waals surface area contributed by atoms with Gasteiger partial charge in [0, 0.05) is 24.5 Å². The zero-order valence-electron chi connectivity index (χ0n) is 16.3. The Bertz CT molecular complexity index is 975. The van der Waals surface area contributed by atoms with Gasteiger partial charge in [0.25, 0.3) is 0 Å². The first kappa shape index (κ1) is 19.4. The van der Waals surface area contributed by atoms with Gasteiger partial charge < -0.3 is 20.1 Å². The molecular weight excluding hydrogens is 356 g/mol. The number of ether oxygens (including phenoxy) is 2. The highest BCUT2D eigenvalue weighted by molar-refractivity contribution is 5.99. The molecule has 146 valence electrons. The Morgan fingerprint density at radius 1 is 1.04 bits per heavy atom. The molecule has 0 aliphatic carbocycles. The number of nitrogens with one attached hydrogen (secondary N) is 2. The van der Waals surface area contributed by atoms with Crippen molar-refractivity contribution in [3.63, 3.8) is 0 Å². The Balaban J connectivity index is 1.88. The van der Waals surface area contributed by atoms with Crippen LogP contribution in [0.15, 0.2) is 42.7 Å². The van der Waals surface area contributed by atoms with Crippen molar-refractivity contribution in [3.8, 4) is 22.6 Å². The highest BCUT2D eigenvalue weighted by atomic mass is 16.5. The van der Waals surface area contributed by atoms with Gasteiger partial charge in [-0.3, -0.25) is 9.97 Å². The van der Waals surface area contributed by atoms with E-state index in [0.29, 0.717) is 34.8 Å². The van der Waals surface area contributed by atoms with Crippen LogP contribution in [0.25, 0.3) is 22.2 Å². The summed E-state index contributed by atoms with van der Waals surface area (Å²) in [5, 5.41) is 5.68. The Hall–Kier alpha value is -3.35. The van der Waals surface area contributed by atoms with Crippen LogP contribution in [0.5, 0.6) is 11.5 Å². The first-order valence-electron chi connectivity index (χ1n) is 9.18. The fourth-order valence-corrected chi connectivity index (χ4v) is 2.85. The quantitative estimate of drug-likeness (QED) is 0.599. The molecule has 3 aromatic rings. The molecule has 2 amide bonds. The molecular formula is C21H24N4O3. The Kier molecular flexibility index (Phi) is 6.26. The van der Waals surface area contributed by atoms with Crippen molar-refractivity contribution < 1.29 is 14.3 Å². The van der Waals surface area contributed by atoms with E-state index in [1.807, 2.05) is 24.3 Å². The minimum Gasteiger partial charge on any atom is -0.493 e. The number of urea groups is 1. The van der Waals surface area contributed by atoms with Crippen molar-refractivity contribution in [1.29, 1.82) is 0 Å². The van der Waals surface area contributed by atoms with Gasteiger partial charge in [0.2, 0.25) is 0 Å². The van der Waals surface area contributed by atoms with Gasteiger partial charge >= 0.3 is 6.03 Å². The van der Waals surface area contributed by atoms with E-state index < -0.39 is 0 Å². The molecule has 2 aromatic heterocycles. The predicted octanol–water partition coefficient (Wildman–Crippen LogP) is 4.24. The number of rotatable bonds is 7. The lowest BCUT2D eigenvalue weighted by molar-refractivity contribution is 0.252. The average Bonchev–Trinajstić information content (AvgIpc) is 2.73. The number of nitrogens with zero attached hydrogens (tertiary/aromatic N) is 2. The Labute approximate surface area is 164 Å². The molecule has 0 atom stereocenters. The van der Waals surface area contributed by atoms with Crippen LogP contribution in [0.1, 0.15) is 19.8 Å².